The van der Waals surface area contributed by atoms with Crippen molar-refractivity contribution in [2.75, 3.05) is 13.1 Å². The summed E-state index contributed by atoms with van der Waals surface area (Å²) in [5, 5.41) is 4.49. The molecule has 0 spiro atoms. The summed E-state index contributed by atoms with van der Waals surface area (Å²) in [7, 11) is 0. The summed E-state index contributed by atoms with van der Waals surface area (Å²) < 4.78 is 7.84. The third-order valence-corrected chi connectivity index (χ3v) is 4.56. The van der Waals surface area contributed by atoms with Crippen molar-refractivity contribution in [1.82, 2.24) is 29.6 Å². The SMILES string of the molecule is Cc1nc(C)n(CC2CCCN(Cc3nc4ncccc4o3)C2)n1. The van der Waals surface area contributed by atoms with Crippen LogP contribution in [0, 0.1) is 19.8 Å². The lowest BCUT2D eigenvalue weighted by molar-refractivity contribution is 0.142. The molecule has 0 aromatic carbocycles. The van der Waals surface area contributed by atoms with Crippen molar-refractivity contribution in [1.29, 1.82) is 0 Å². The minimum atomic E-state index is 0.584. The zero-order chi connectivity index (χ0) is 16.5. The van der Waals surface area contributed by atoms with Gasteiger partial charge in [-0.2, -0.15) is 10.1 Å². The highest BCUT2D eigenvalue weighted by molar-refractivity contribution is 5.66. The average molecular weight is 326 g/mol. The number of fused-ring (bicyclic) bond motifs is 1. The molecule has 7 heteroatoms. The summed E-state index contributed by atoms with van der Waals surface area (Å²) in [4.78, 5) is 15.5. The van der Waals surface area contributed by atoms with Gasteiger partial charge in [0.1, 0.15) is 11.6 Å². The summed E-state index contributed by atoms with van der Waals surface area (Å²) in [6.07, 6.45) is 4.16. The van der Waals surface area contributed by atoms with Gasteiger partial charge >= 0.3 is 0 Å². The highest BCUT2D eigenvalue weighted by Crippen LogP contribution is 2.21. The van der Waals surface area contributed by atoms with E-state index in [4.69, 9.17) is 4.42 Å². The van der Waals surface area contributed by atoms with Gasteiger partial charge in [-0.1, -0.05) is 0 Å². The normalized spacial score (nSPS) is 19.2. The van der Waals surface area contributed by atoms with Crippen LogP contribution in [0.15, 0.2) is 22.7 Å². The minimum absolute atomic E-state index is 0.584. The summed E-state index contributed by atoms with van der Waals surface area (Å²) in [6.45, 7) is 7.74. The molecule has 126 valence electrons. The molecule has 24 heavy (non-hydrogen) atoms. The summed E-state index contributed by atoms with van der Waals surface area (Å²) in [5.74, 6) is 3.17. The van der Waals surface area contributed by atoms with E-state index in [1.54, 1.807) is 6.20 Å². The molecular formula is C17H22N6O. The van der Waals surface area contributed by atoms with Gasteiger partial charge in [-0.15, -0.1) is 0 Å². The lowest BCUT2D eigenvalue weighted by atomic mass is 9.98. The number of nitrogens with zero attached hydrogens (tertiary/aromatic N) is 6. The van der Waals surface area contributed by atoms with Gasteiger partial charge in [0.25, 0.3) is 0 Å². The topological polar surface area (TPSA) is 72.9 Å². The zero-order valence-electron chi connectivity index (χ0n) is 14.1. The Balaban J connectivity index is 1.42. The van der Waals surface area contributed by atoms with Crippen LogP contribution in [0.3, 0.4) is 0 Å². The molecule has 0 radical (unpaired) electrons. The number of rotatable bonds is 4. The molecule has 0 N–H and O–H groups in total. The summed E-state index contributed by atoms with van der Waals surface area (Å²) in [5.41, 5.74) is 1.45. The lowest BCUT2D eigenvalue weighted by Crippen LogP contribution is -2.37. The van der Waals surface area contributed by atoms with Crippen LogP contribution >= 0.6 is 0 Å². The Bertz CT molecular complexity index is 806. The van der Waals surface area contributed by atoms with Gasteiger partial charge < -0.3 is 4.42 Å². The average Bonchev–Trinajstić information content (AvgIpc) is 3.10. The monoisotopic (exact) mass is 326 g/mol. The molecule has 1 aliphatic heterocycles. The first-order valence-electron chi connectivity index (χ1n) is 8.48. The van der Waals surface area contributed by atoms with Gasteiger partial charge in [0, 0.05) is 19.3 Å². The van der Waals surface area contributed by atoms with Crippen LogP contribution in [0.25, 0.3) is 11.2 Å². The van der Waals surface area contributed by atoms with Crippen LogP contribution in [0.1, 0.15) is 30.4 Å². The molecule has 7 nitrogen and oxygen atoms in total. The van der Waals surface area contributed by atoms with Crippen LogP contribution < -0.4 is 0 Å². The van der Waals surface area contributed by atoms with Gasteiger partial charge in [0.05, 0.1) is 6.54 Å². The van der Waals surface area contributed by atoms with Crippen molar-refractivity contribution >= 4 is 11.2 Å². The predicted octanol–water partition coefficient (Wildman–Crippen LogP) is 2.34. The van der Waals surface area contributed by atoms with E-state index in [-0.39, 0.29) is 0 Å². The number of aromatic nitrogens is 5. The number of aryl methyl sites for hydroxylation is 2. The molecule has 1 aliphatic rings. The Morgan fingerprint density at radius 2 is 2.21 bits per heavy atom. The first kappa shape index (κ1) is 15.3. The largest absolute Gasteiger partial charge is 0.438 e. The van der Waals surface area contributed by atoms with E-state index in [2.05, 4.69) is 25.0 Å². The molecule has 0 saturated carbocycles. The van der Waals surface area contributed by atoms with Gasteiger partial charge in [-0.05, 0) is 51.3 Å². The summed E-state index contributed by atoms with van der Waals surface area (Å²) in [6, 6.07) is 3.78. The number of likely N-dealkylation sites (tertiary alicyclic amines) is 1. The van der Waals surface area contributed by atoms with Crippen LogP contribution in [0.4, 0.5) is 0 Å². The number of hydrogen-bond acceptors (Lipinski definition) is 6. The van der Waals surface area contributed by atoms with Crippen molar-refractivity contribution in [2.24, 2.45) is 5.92 Å². The second-order valence-corrected chi connectivity index (χ2v) is 6.56. The van der Waals surface area contributed by atoms with Crippen LogP contribution in [0.5, 0.6) is 0 Å². The fourth-order valence-corrected chi connectivity index (χ4v) is 3.50. The van der Waals surface area contributed by atoms with Gasteiger partial charge in [-0.3, -0.25) is 4.90 Å². The van der Waals surface area contributed by atoms with Crippen LogP contribution in [-0.4, -0.2) is 42.7 Å². The Morgan fingerprint density at radius 1 is 1.29 bits per heavy atom. The Morgan fingerprint density at radius 3 is 3.00 bits per heavy atom. The Labute approximate surface area is 140 Å². The molecule has 0 bridgehead atoms. The molecule has 3 aromatic rings. The van der Waals surface area contributed by atoms with E-state index >= 15 is 0 Å². The molecule has 1 fully saturated rings. The second kappa shape index (κ2) is 6.32. The summed E-state index contributed by atoms with van der Waals surface area (Å²) >= 11 is 0. The smallest absolute Gasteiger partial charge is 0.211 e. The third-order valence-electron chi connectivity index (χ3n) is 4.56. The maximum atomic E-state index is 5.80. The quantitative estimate of drug-likeness (QED) is 0.733. The van der Waals surface area contributed by atoms with Crippen molar-refractivity contribution < 1.29 is 4.42 Å². The van der Waals surface area contributed by atoms with Gasteiger partial charge in [0.15, 0.2) is 11.2 Å². The maximum Gasteiger partial charge on any atom is 0.211 e. The van der Waals surface area contributed by atoms with E-state index in [0.717, 1.165) is 49.3 Å². The third kappa shape index (κ3) is 3.17. The highest BCUT2D eigenvalue weighted by atomic mass is 16.3. The molecule has 1 atom stereocenters. The van der Waals surface area contributed by atoms with E-state index in [0.29, 0.717) is 11.6 Å². The fraction of sp³-hybridized carbons (Fsp3) is 0.529. The van der Waals surface area contributed by atoms with E-state index < -0.39 is 0 Å². The minimum Gasteiger partial charge on any atom is -0.438 e. The van der Waals surface area contributed by atoms with Crippen molar-refractivity contribution in [2.45, 2.75) is 39.8 Å². The van der Waals surface area contributed by atoms with Crippen LogP contribution in [-0.2, 0) is 13.1 Å². The number of hydrogen-bond donors (Lipinski definition) is 0. The lowest BCUT2D eigenvalue weighted by Gasteiger charge is -2.31. The molecule has 1 saturated heterocycles. The molecule has 0 aliphatic carbocycles. The van der Waals surface area contributed by atoms with Crippen molar-refractivity contribution in [3.8, 4) is 0 Å². The van der Waals surface area contributed by atoms with E-state index in [9.17, 15) is 0 Å². The van der Waals surface area contributed by atoms with Crippen molar-refractivity contribution in [3.05, 3.63) is 35.9 Å². The molecule has 3 aromatic heterocycles. The first-order chi connectivity index (χ1) is 11.7. The number of oxazole rings is 1. The zero-order valence-corrected chi connectivity index (χ0v) is 14.1. The Hall–Kier alpha value is -2.28. The molecule has 1 unspecified atom stereocenters. The number of pyridine rings is 1. The maximum absolute atomic E-state index is 5.80. The highest BCUT2D eigenvalue weighted by Gasteiger charge is 2.23. The molecule has 0 amide bonds. The predicted molar refractivity (Wildman–Crippen MR) is 89.3 cm³/mol. The van der Waals surface area contributed by atoms with E-state index in [1.165, 1.54) is 12.8 Å². The standard InChI is InChI=1S/C17H22N6O/c1-12-19-13(2)23(21-12)10-14-5-4-8-22(9-14)11-16-20-17-15(24-16)6-3-7-18-17/h3,6-7,14H,4-5,8-11H2,1-2H3. The second-order valence-electron chi connectivity index (χ2n) is 6.56. The van der Waals surface area contributed by atoms with Crippen LogP contribution in [0.2, 0.25) is 0 Å². The van der Waals surface area contributed by atoms with Gasteiger partial charge in [0.2, 0.25) is 5.89 Å². The van der Waals surface area contributed by atoms with Gasteiger partial charge in [-0.25, -0.2) is 14.6 Å². The fourth-order valence-electron chi connectivity index (χ4n) is 3.50. The van der Waals surface area contributed by atoms with Crippen molar-refractivity contribution in [3.63, 3.8) is 0 Å². The van der Waals surface area contributed by atoms with E-state index in [1.807, 2.05) is 30.7 Å². The number of piperidine rings is 1. The molecular weight excluding hydrogens is 304 g/mol. The first-order valence-corrected chi connectivity index (χ1v) is 8.48. The molecule has 4 heterocycles. The Kier molecular flexibility index (Phi) is 4.02. The molecule has 4 rings (SSSR count).